The van der Waals surface area contributed by atoms with E-state index in [9.17, 15) is 9.50 Å². The largest absolute Gasteiger partial charge is 0.388 e. The second-order valence-electron chi connectivity index (χ2n) is 4.41. The Morgan fingerprint density at radius 2 is 1.95 bits per heavy atom. The first-order valence-corrected chi connectivity index (χ1v) is 6.61. The van der Waals surface area contributed by atoms with Gasteiger partial charge in [0, 0.05) is 16.5 Å². The van der Waals surface area contributed by atoms with Crippen molar-refractivity contribution in [2.75, 3.05) is 0 Å². The van der Waals surface area contributed by atoms with Gasteiger partial charge in [0.2, 0.25) is 0 Å². The van der Waals surface area contributed by atoms with Crippen LogP contribution < -0.4 is 0 Å². The van der Waals surface area contributed by atoms with Gasteiger partial charge in [-0.05, 0) is 47.9 Å². The molecule has 100 valence electrons. The van der Waals surface area contributed by atoms with Gasteiger partial charge in [0.05, 0.1) is 6.10 Å². The molecule has 0 spiro atoms. The van der Waals surface area contributed by atoms with E-state index in [-0.39, 0.29) is 12.2 Å². The molecule has 0 aliphatic heterocycles. The fraction of sp³-hybridized carbons (Fsp3) is 0.200. The molecule has 0 heterocycles. The Kier molecular flexibility index (Phi) is 4.46. The van der Waals surface area contributed by atoms with Gasteiger partial charge in [-0.1, -0.05) is 35.3 Å². The molecule has 1 nitrogen and oxygen atoms in total. The fourth-order valence-corrected chi connectivity index (χ4v) is 2.38. The number of aliphatic hydroxyl groups is 1. The van der Waals surface area contributed by atoms with E-state index in [4.69, 9.17) is 23.2 Å². The van der Waals surface area contributed by atoms with Crippen LogP contribution in [0.4, 0.5) is 4.39 Å². The number of hydrogen-bond donors (Lipinski definition) is 1. The van der Waals surface area contributed by atoms with E-state index in [1.165, 1.54) is 18.2 Å². The van der Waals surface area contributed by atoms with Crippen LogP contribution in [0.3, 0.4) is 0 Å². The summed E-state index contributed by atoms with van der Waals surface area (Å²) in [6.07, 6.45) is -0.653. The van der Waals surface area contributed by atoms with Crippen molar-refractivity contribution in [1.29, 1.82) is 0 Å². The van der Waals surface area contributed by atoms with Crippen molar-refractivity contribution in [3.63, 3.8) is 0 Å². The molecule has 0 aliphatic rings. The van der Waals surface area contributed by atoms with Crippen LogP contribution in [0.1, 0.15) is 22.8 Å². The first kappa shape index (κ1) is 14.3. The quantitative estimate of drug-likeness (QED) is 0.869. The van der Waals surface area contributed by atoms with Gasteiger partial charge in [-0.3, -0.25) is 0 Å². The molecule has 0 aliphatic carbocycles. The molecule has 0 amide bonds. The number of aliphatic hydroxyl groups excluding tert-OH is 1. The highest BCUT2D eigenvalue weighted by molar-refractivity contribution is 6.31. The molecule has 0 saturated carbocycles. The summed E-state index contributed by atoms with van der Waals surface area (Å²) >= 11 is 11.8. The van der Waals surface area contributed by atoms with E-state index >= 15 is 0 Å². The van der Waals surface area contributed by atoms with Gasteiger partial charge < -0.3 is 5.11 Å². The Morgan fingerprint density at radius 3 is 2.68 bits per heavy atom. The summed E-state index contributed by atoms with van der Waals surface area (Å²) in [5.41, 5.74) is 1.89. The lowest BCUT2D eigenvalue weighted by atomic mass is 9.97. The molecule has 0 saturated heterocycles. The van der Waals surface area contributed by atoms with Crippen LogP contribution in [0.2, 0.25) is 10.0 Å². The van der Waals surface area contributed by atoms with Crippen LogP contribution >= 0.6 is 23.2 Å². The molecule has 1 N–H and O–H groups in total. The van der Waals surface area contributed by atoms with Gasteiger partial charge in [0.25, 0.3) is 0 Å². The van der Waals surface area contributed by atoms with Gasteiger partial charge in [-0.25, -0.2) is 4.39 Å². The maximum atomic E-state index is 13.6. The van der Waals surface area contributed by atoms with E-state index in [0.29, 0.717) is 21.2 Å². The summed E-state index contributed by atoms with van der Waals surface area (Å²) in [6, 6.07) is 9.62. The summed E-state index contributed by atoms with van der Waals surface area (Å²) in [5, 5.41) is 11.3. The van der Waals surface area contributed by atoms with Gasteiger partial charge in [0.1, 0.15) is 5.82 Å². The summed E-state index contributed by atoms with van der Waals surface area (Å²) < 4.78 is 13.6. The zero-order valence-electron chi connectivity index (χ0n) is 10.3. The Morgan fingerprint density at radius 1 is 1.21 bits per heavy atom. The third-order valence-corrected chi connectivity index (χ3v) is 3.73. The maximum Gasteiger partial charge on any atom is 0.126 e. The van der Waals surface area contributed by atoms with E-state index in [1.54, 1.807) is 18.2 Å². The third-order valence-electron chi connectivity index (χ3n) is 3.09. The lowest BCUT2D eigenvalue weighted by Gasteiger charge is -2.15. The minimum atomic E-state index is -0.813. The molecule has 2 rings (SSSR count). The maximum absolute atomic E-state index is 13.6. The number of hydrogen-bond acceptors (Lipinski definition) is 1. The molecule has 2 aromatic carbocycles. The summed E-state index contributed by atoms with van der Waals surface area (Å²) in [6.45, 7) is 1.83. The molecular weight excluding hydrogens is 286 g/mol. The van der Waals surface area contributed by atoms with E-state index in [0.717, 1.165) is 5.56 Å². The Balaban J connectivity index is 2.28. The molecule has 0 radical (unpaired) electrons. The molecule has 0 bridgehead atoms. The van der Waals surface area contributed by atoms with E-state index < -0.39 is 6.10 Å². The van der Waals surface area contributed by atoms with Crippen LogP contribution in [-0.4, -0.2) is 5.11 Å². The number of rotatable bonds is 3. The highest BCUT2D eigenvalue weighted by atomic mass is 35.5. The van der Waals surface area contributed by atoms with Gasteiger partial charge in [0.15, 0.2) is 0 Å². The van der Waals surface area contributed by atoms with Crippen molar-refractivity contribution in [3.8, 4) is 0 Å². The van der Waals surface area contributed by atoms with Crippen molar-refractivity contribution in [3.05, 3.63) is 69.0 Å². The normalized spacial score (nSPS) is 12.5. The summed E-state index contributed by atoms with van der Waals surface area (Å²) in [5.74, 6) is -0.372. The summed E-state index contributed by atoms with van der Waals surface area (Å²) in [7, 11) is 0. The minimum Gasteiger partial charge on any atom is -0.388 e. The average molecular weight is 299 g/mol. The highest BCUT2D eigenvalue weighted by Gasteiger charge is 2.15. The van der Waals surface area contributed by atoms with Crippen molar-refractivity contribution < 1.29 is 9.50 Å². The summed E-state index contributed by atoms with van der Waals surface area (Å²) in [4.78, 5) is 0. The predicted octanol–water partition coefficient (Wildman–Crippen LogP) is 4.72. The number of halogens is 3. The standard InChI is InChI=1S/C15H13Cl2FO/c1-9-12(3-2-4-13(9)17)15(19)8-10-7-11(16)5-6-14(10)18/h2-7,15,19H,8H2,1H3. The zero-order valence-corrected chi connectivity index (χ0v) is 11.8. The van der Waals surface area contributed by atoms with Crippen LogP contribution in [0, 0.1) is 12.7 Å². The average Bonchev–Trinajstić information content (AvgIpc) is 2.37. The molecule has 0 fully saturated rings. The molecule has 1 unspecified atom stereocenters. The molecule has 0 aromatic heterocycles. The first-order valence-electron chi connectivity index (χ1n) is 5.86. The van der Waals surface area contributed by atoms with Gasteiger partial charge in [-0.15, -0.1) is 0 Å². The number of benzene rings is 2. The Labute approximate surface area is 121 Å². The van der Waals surface area contributed by atoms with Gasteiger partial charge >= 0.3 is 0 Å². The van der Waals surface area contributed by atoms with Gasteiger partial charge in [-0.2, -0.15) is 0 Å². The smallest absolute Gasteiger partial charge is 0.126 e. The first-order chi connectivity index (χ1) is 8.99. The lowest BCUT2D eigenvalue weighted by Crippen LogP contribution is -2.05. The fourth-order valence-electron chi connectivity index (χ4n) is 2.00. The highest BCUT2D eigenvalue weighted by Crippen LogP contribution is 2.27. The second-order valence-corrected chi connectivity index (χ2v) is 5.25. The molecular formula is C15H13Cl2FO. The van der Waals surface area contributed by atoms with E-state index in [2.05, 4.69) is 0 Å². The van der Waals surface area contributed by atoms with Crippen LogP contribution in [0.5, 0.6) is 0 Å². The zero-order chi connectivity index (χ0) is 14.0. The predicted molar refractivity (Wildman–Crippen MR) is 76.3 cm³/mol. The monoisotopic (exact) mass is 298 g/mol. The van der Waals surface area contributed by atoms with Crippen molar-refractivity contribution in [1.82, 2.24) is 0 Å². The SMILES string of the molecule is Cc1c(Cl)cccc1C(O)Cc1cc(Cl)ccc1F. The van der Waals surface area contributed by atoms with Crippen LogP contribution in [0.25, 0.3) is 0 Å². The third kappa shape index (κ3) is 3.27. The Bertz CT molecular complexity index is 599. The second kappa shape index (κ2) is 5.91. The molecule has 4 heteroatoms. The Hall–Kier alpha value is -1.09. The molecule has 1 atom stereocenters. The topological polar surface area (TPSA) is 20.2 Å². The van der Waals surface area contributed by atoms with Crippen LogP contribution in [0.15, 0.2) is 36.4 Å². The lowest BCUT2D eigenvalue weighted by molar-refractivity contribution is 0.176. The van der Waals surface area contributed by atoms with Crippen molar-refractivity contribution >= 4 is 23.2 Å². The van der Waals surface area contributed by atoms with E-state index in [1.807, 2.05) is 6.92 Å². The van der Waals surface area contributed by atoms with Crippen molar-refractivity contribution in [2.24, 2.45) is 0 Å². The molecule has 2 aromatic rings. The van der Waals surface area contributed by atoms with Crippen LogP contribution in [-0.2, 0) is 6.42 Å². The minimum absolute atomic E-state index is 0.160. The van der Waals surface area contributed by atoms with Crippen molar-refractivity contribution in [2.45, 2.75) is 19.4 Å². The molecule has 19 heavy (non-hydrogen) atoms.